The minimum Gasteiger partial charge on any atom is -0.317 e. The number of nitrogens with zero attached hydrogens (tertiary/aromatic N) is 1. The summed E-state index contributed by atoms with van der Waals surface area (Å²) in [4.78, 5) is 2.36. The molecule has 0 aliphatic carbocycles. The third-order valence-electron chi connectivity index (χ3n) is 2.71. The summed E-state index contributed by atoms with van der Waals surface area (Å²) in [6.45, 7) is 7.62. The molecular formula is C11H20N2. The van der Waals surface area contributed by atoms with Crippen LogP contribution >= 0.6 is 0 Å². The van der Waals surface area contributed by atoms with E-state index in [4.69, 9.17) is 6.42 Å². The van der Waals surface area contributed by atoms with Crippen molar-refractivity contribution in [2.45, 2.75) is 19.8 Å². The van der Waals surface area contributed by atoms with E-state index in [0.29, 0.717) is 0 Å². The lowest BCUT2D eigenvalue weighted by Crippen LogP contribution is -2.37. The third kappa shape index (κ3) is 3.80. The lowest BCUT2D eigenvalue weighted by atomic mass is 9.97. The first kappa shape index (κ1) is 10.6. The van der Waals surface area contributed by atoms with Crippen molar-refractivity contribution in [1.29, 1.82) is 0 Å². The predicted molar refractivity (Wildman–Crippen MR) is 56.5 cm³/mol. The summed E-state index contributed by atoms with van der Waals surface area (Å²) in [6.07, 6.45) is 7.87. The molecule has 1 saturated heterocycles. The Kier molecular flexibility index (Phi) is 4.88. The van der Waals surface area contributed by atoms with Crippen LogP contribution in [0, 0.1) is 18.3 Å². The van der Waals surface area contributed by atoms with Gasteiger partial charge in [-0.05, 0) is 44.9 Å². The third-order valence-corrected chi connectivity index (χ3v) is 2.71. The number of nitrogens with one attached hydrogen (secondary N) is 1. The molecule has 2 nitrogen and oxygen atoms in total. The molecular weight excluding hydrogens is 160 g/mol. The monoisotopic (exact) mass is 180 g/mol. The van der Waals surface area contributed by atoms with Crippen LogP contribution in [0.25, 0.3) is 0 Å². The average molecular weight is 180 g/mol. The Morgan fingerprint density at radius 2 is 2.15 bits per heavy atom. The summed E-state index contributed by atoms with van der Waals surface area (Å²) >= 11 is 0. The highest BCUT2D eigenvalue weighted by atomic mass is 15.1. The zero-order valence-electron chi connectivity index (χ0n) is 8.55. The van der Waals surface area contributed by atoms with Crippen LogP contribution in [-0.2, 0) is 0 Å². The lowest BCUT2D eigenvalue weighted by Gasteiger charge is -2.30. The number of hydrogen-bond acceptors (Lipinski definition) is 2. The van der Waals surface area contributed by atoms with Gasteiger partial charge in [-0.2, -0.15) is 0 Å². The van der Waals surface area contributed by atoms with Crippen LogP contribution in [-0.4, -0.2) is 37.6 Å². The fraction of sp³-hybridized carbons (Fsp3) is 0.818. The van der Waals surface area contributed by atoms with Gasteiger partial charge in [-0.25, -0.2) is 0 Å². The zero-order chi connectivity index (χ0) is 9.52. The standard InChI is InChI=1S/C11H20N2/c1-3-7-13-8-5-11(6-9-13)10-12-4-2/h1,11-12H,4-10H2,2H3. The van der Waals surface area contributed by atoms with E-state index < -0.39 is 0 Å². The Morgan fingerprint density at radius 1 is 1.46 bits per heavy atom. The molecule has 1 fully saturated rings. The van der Waals surface area contributed by atoms with Crippen LogP contribution in [0.1, 0.15) is 19.8 Å². The lowest BCUT2D eigenvalue weighted by molar-refractivity contribution is 0.201. The molecule has 0 radical (unpaired) electrons. The van der Waals surface area contributed by atoms with E-state index in [1.807, 2.05) is 0 Å². The van der Waals surface area contributed by atoms with Crippen LogP contribution in [0.5, 0.6) is 0 Å². The van der Waals surface area contributed by atoms with Crippen molar-refractivity contribution in [2.75, 3.05) is 32.7 Å². The average Bonchev–Trinajstić information content (AvgIpc) is 2.17. The van der Waals surface area contributed by atoms with Gasteiger partial charge in [0.1, 0.15) is 0 Å². The van der Waals surface area contributed by atoms with Gasteiger partial charge in [-0.3, -0.25) is 4.90 Å². The summed E-state index contributed by atoms with van der Waals surface area (Å²) in [5.41, 5.74) is 0. The minimum absolute atomic E-state index is 0.827. The van der Waals surface area contributed by atoms with E-state index in [1.54, 1.807) is 0 Å². The fourth-order valence-corrected chi connectivity index (χ4v) is 1.83. The van der Waals surface area contributed by atoms with E-state index in [-0.39, 0.29) is 0 Å². The molecule has 0 unspecified atom stereocenters. The molecule has 1 aliphatic heterocycles. The van der Waals surface area contributed by atoms with E-state index >= 15 is 0 Å². The number of terminal acetylenes is 1. The first-order valence-corrected chi connectivity index (χ1v) is 5.23. The van der Waals surface area contributed by atoms with Crippen molar-refractivity contribution in [2.24, 2.45) is 5.92 Å². The van der Waals surface area contributed by atoms with E-state index in [9.17, 15) is 0 Å². The van der Waals surface area contributed by atoms with E-state index in [0.717, 1.165) is 19.0 Å². The smallest absolute Gasteiger partial charge is 0.0598 e. The molecule has 0 aromatic heterocycles. The van der Waals surface area contributed by atoms with Gasteiger partial charge in [-0.1, -0.05) is 12.8 Å². The van der Waals surface area contributed by atoms with Crippen molar-refractivity contribution < 1.29 is 0 Å². The van der Waals surface area contributed by atoms with Crippen molar-refractivity contribution in [3.05, 3.63) is 0 Å². The first-order valence-electron chi connectivity index (χ1n) is 5.23. The second-order valence-electron chi connectivity index (χ2n) is 3.73. The molecule has 1 heterocycles. The van der Waals surface area contributed by atoms with Crippen LogP contribution in [0.15, 0.2) is 0 Å². The zero-order valence-corrected chi connectivity index (χ0v) is 8.55. The van der Waals surface area contributed by atoms with Crippen LogP contribution in [0.4, 0.5) is 0 Å². The maximum absolute atomic E-state index is 5.27. The second-order valence-corrected chi connectivity index (χ2v) is 3.73. The maximum atomic E-state index is 5.27. The van der Waals surface area contributed by atoms with Crippen molar-refractivity contribution in [3.63, 3.8) is 0 Å². The summed E-state index contributed by atoms with van der Waals surface area (Å²) < 4.78 is 0. The summed E-state index contributed by atoms with van der Waals surface area (Å²) in [7, 11) is 0. The highest BCUT2D eigenvalue weighted by Crippen LogP contribution is 2.15. The molecule has 0 spiro atoms. The highest BCUT2D eigenvalue weighted by Gasteiger charge is 2.17. The molecule has 1 N–H and O–H groups in total. The van der Waals surface area contributed by atoms with Crippen molar-refractivity contribution >= 4 is 0 Å². The Morgan fingerprint density at radius 3 is 2.69 bits per heavy atom. The normalized spacial score (nSPS) is 20.0. The molecule has 1 aliphatic rings. The Labute approximate surface area is 81.7 Å². The highest BCUT2D eigenvalue weighted by molar-refractivity contribution is 4.89. The Bertz CT molecular complexity index is 163. The molecule has 0 amide bonds. The van der Waals surface area contributed by atoms with E-state index in [2.05, 4.69) is 23.1 Å². The molecule has 0 aromatic rings. The van der Waals surface area contributed by atoms with Gasteiger partial charge in [-0.15, -0.1) is 6.42 Å². The van der Waals surface area contributed by atoms with Crippen molar-refractivity contribution in [1.82, 2.24) is 10.2 Å². The summed E-state index contributed by atoms with van der Waals surface area (Å²) in [5.74, 6) is 3.58. The second kappa shape index (κ2) is 6.01. The quantitative estimate of drug-likeness (QED) is 0.648. The van der Waals surface area contributed by atoms with Gasteiger partial charge in [0.05, 0.1) is 6.54 Å². The maximum Gasteiger partial charge on any atom is 0.0598 e. The number of hydrogen-bond donors (Lipinski definition) is 1. The first-order chi connectivity index (χ1) is 6.36. The Balaban J connectivity index is 2.12. The SMILES string of the molecule is C#CCN1CCC(CNCC)CC1. The molecule has 0 aromatic carbocycles. The van der Waals surface area contributed by atoms with Gasteiger partial charge >= 0.3 is 0 Å². The van der Waals surface area contributed by atoms with Crippen molar-refractivity contribution in [3.8, 4) is 12.3 Å². The molecule has 0 saturated carbocycles. The van der Waals surface area contributed by atoms with Gasteiger partial charge in [0, 0.05) is 0 Å². The predicted octanol–water partition coefficient (Wildman–Crippen LogP) is 0.941. The number of piperidine rings is 1. The summed E-state index contributed by atoms with van der Waals surface area (Å²) in [6, 6.07) is 0. The summed E-state index contributed by atoms with van der Waals surface area (Å²) in [5, 5.41) is 3.41. The van der Waals surface area contributed by atoms with Crippen LogP contribution in [0.2, 0.25) is 0 Å². The van der Waals surface area contributed by atoms with Gasteiger partial charge in [0.2, 0.25) is 0 Å². The number of likely N-dealkylation sites (tertiary alicyclic amines) is 1. The van der Waals surface area contributed by atoms with Crippen LogP contribution in [0.3, 0.4) is 0 Å². The minimum atomic E-state index is 0.827. The van der Waals surface area contributed by atoms with Gasteiger partial charge < -0.3 is 5.32 Å². The largest absolute Gasteiger partial charge is 0.317 e. The van der Waals surface area contributed by atoms with E-state index in [1.165, 1.54) is 32.5 Å². The topological polar surface area (TPSA) is 15.3 Å². The number of rotatable bonds is 4. The molecule has 13 heavy (non-hydrogen) atoms. The molecule has 1 rings (SSSR count). The fourth-order valence-electron chi connectivity index (χ4n) is 1.83. The molecule has 74 valence electrons. The molecule has 0 bridgehead atoms. The Hall–Kier alpha value is -0.520. The van der Waals surface area contributed by atoms with Gasteiger partial charge in [0.15, 0.2) is 0 Å². The molecule has 0 atom stereocenters. The van der Waals surface area contributed by atoms with Crippen LogP contribution < -0.4 is 5.32 Å². The van der Waals surface area contributed by atoms with Gasteiger partial charge in [0.25, 0.3) is 0 Å². The molecule has 2 heteroatoms.